The van der Waals surface area contributed by atoms with Crippen molar-refractivity contribution in [3.8, 4) is 0 Å². The fourth-order valence-electron chi connectivity index (χ4n) is 1.26. The first kappa shape index (κ1) is 12.1. The van der Waals surface area contributed by atoms with Crippen molar-refractivity contribution in [2.24, 2.45) is 0 Å². The molecule has 82 valence electrons. The number of alkyl halides is 1. The number of carbonyl (C=O) groups excluding carboxylic acids is 1. The molecule has 1 aromatic carbocycles. The average molecular weight is 230 g/mol. The van der Waals surface area contributed by atoms with E-state index in [1.165, 1.54) is 13.0 Å². The molecule has 0 aromatic heterocycles. The molecule has 0 aliphatic rings. The highest BCUT2D eigenvalue weighted by atomic mass is 35.5. The van der Waals surface area contributed by atoms with Crippen LogP contribution < -0.4 is 5.32 Å². The van der Waals surface area contributed by atoms with Crippen molar-refractivity contribution in [1.29, 1.82) is 0 Å². The van der Waals surface area contributed by atoms with E-state index >= 15 is 0 Å². The van der Waals surface area contributed by atoms with E-state index in [0.717, 1.165) is 0 Å². The molecule has 0 spiro atoms. The van der Waals surface area contributed by atoms with Crippen LogP contribution in [0.15, 0.2) is 18.2 Å². The third-order valence-corrected chi connectivity index (χ3v) is 2.40. The van der Waals surface area contributed by atoms with Crippen molar-refractivity contribution in [1.82, 2.24) is 5.32 Å². The highest BCUT2D eigenvalue weighted by molar-refractivity contribution is 6.34. The lowest BCUT2D eigenvalue weighted by molar-refractivity contribution is 0.0993. The minimum atomic E-state index is -1.07. The van der Waals surface area contributed by atoms with Crippen LogP contribution in [0.3, 0.4) is 0 Å². The predicted octanol–water partition coefficient (Wildman–Crippen LogP) is 2.77. The Kier molecular flexibility index (Phi) is 4.24. The zero-order chi connectivity index (χ0) is 11.4. The summed E-state index contributed by atoms with van der Waals surface area (Å²) >= 11 is 5.89. The van der Waals surface area contributed by atoms with Crippen molar-refractivity contribution < 1.29 is 9.18 Å². The molecule has 0 aliphatic carbocycles. The van der Waals surface area contributed by atoms with E-state index in [-0.39, 0.29) is 12.3 Å². The maximum atomic E-state index is 12.9. The SMILES string of the molecule is CNCC(=O)c1ccc(C(C)F)cc1Cl. The Bertz CT molecular complexity index is 366. The van der Waals surface area contributed by atoms with Gasteiger partial charge < -0.3 is 5.32 Å². The number of hydrogen-bond donors (Lipinski definition) is 1. The van der Waals surface area contributed by atoms with E-state index in [1.807, 2.05) is 0 Å². The molecule has 1 N–H and O–H groups in total. The van der Waals surface area contributed by atoms with E-state index in [0.29, 0.717) is 16.1 Å². The molecule has 1 atom stereocenters. The van der Waals surface area contributed by atoms with Crippen molar-refractivity contribution >= 4 is 17.4 Å². The molecule has 0 bridgehead atoms. The van der Waals surface area contributed by atoms with Crippen LogP contribution in [0.2, 0.25) is 5.02 Å². The lowest BCUT2D eigenvalue weighted by Crippen LogP contribution is -2.18. The quantitative estimate of drug-likeness (QED) is 0.805. The lowest BCUT2D eigenvalue weighted by atomic mass is 10.1. The second-order valence-electron chi connectivity index (χ2n) is 3.31. The predicted molar refractivity (Wildman–Crippen MR) is 59.2 cm³/mol. The number of rotatable bonds is 4. The van der Waals surface area contributed by atoms with Gasteiger partial charge in [0.2, 0.25) is 0 Å². The third kappa shape index (κ3) is 3.01. The summed E-state index contributed by atoms with van der Waals surface area (Å²) in [4.78, 5) is 11.5. The van der Waals surface area contributed by atoms with Gasteiger partial charge in [0.1, 0.15) is 6.17 Å². The first-order chi connectivity index (χ1) is 7.06. The smallest absolute Gasteiger partial charge is 0.178 e. The number of ketones is 1. The molecular weight excluding hydrogens is 217 g/mol. The second kappa shape index (κ2) is 5.24. The lowest BCUT2D eigenvalue weighted by Gasteiger charge is -2.06. The van der Waals surface area contributed by atoms with E-state index in [9.17, 15) is 9.18 Å². The Balaban J connectivity index is 2.98. The molecule has 0 saturated carbocycles. The standard InChI is InChI=1S/C11H13ClFNO/c1-7(13)8-3-4-9(10(12)5-8)11(15)6-14-2/h3-5,7,14H,6H2,1-2H3. The topological polar surface area (TPSA) is 29.1 Å². The molecule has 2 nitrogen and oxygen atoms in total. The number of Topliss-reactive ketones (excluding diaryl/α,β-unsaturated/α-hetero) is 1. The zero-order valence-electron chi connectivity index (χ0n) is 8.68. The van der Waals surface area contributed by atoms with Gasteiger partial charge >= 0.3 is 0 Å². The van der Waals surface area contributed by atoms with Crippen LogP contribution in [0.5, 0.6) is 0 Å². The number of carbonyl (C=O) groups is 1. The average Bonchev–Trinajstić information content (AvgIpc) is 2.17. The van der Waals surface area contributed by atoms with Gasteiger partial charge in [-0.1, -0.05) is 17.7 Å². The minimum Gasteiger partial charge on any atom is -0.313 e. The minimum absolute atomic E-state index is 0.0967. The van der Waals surface area contributed by atoms with Gasteiger partial charge in [-0.3, -0.25) is 4.79 Å². The molecule has 0 saturated heterocycles. The summed E-state index contributed by atoms with van der Waals surface area (Å²) in [7, 11) is 1.68. The van der Waals surface area contributed by atoms with Crippen LogP contribution >= 0.6 is 11.6 Å². The number of nitrogens with one attached hydrogen (secondary N) is 1. The van der Waals surface area contributed by atoms with Gasteiger partial charge in [-0.25, -0.2) is 4.39 Å². The fourth-order valence-corrected chi connectivity index (χ4v) is 1.56. The molecule has 0 fully saturated rings. The molecule has 0 amide bonds. The Hall–Kier alpha value is -0.930. The van der Waals surface area contributed by atoms with Crippen LogP contribution in [-0.4, -0.2) is 19.4 Å². The van der Waals surface area contributed by atoms with Gasteiger partial charge in [-0.15, -0.1) is 0 Å². The highest BCUT2D eigenvalue weighted by Crippen LogP contribution is 2.23. The van der Waals surface area contributed by atoms with Gasteiger partial charge in [0.05, 0.1) is 11.6 Å². The summed E-state index contributed by atoms with van der Waals surface area (Å²) in [6.07, 6.45) is -1.07. The van der Waals surface area contributed by atoms with Gasteiger partial charge in [0, 0.05) is 5.56 Å². The number of hydrogen-bond acceptors (Lipinski definition) is 2. The Morgan fingerprint density at radius 3 is 2.73 bits per heavy atom. The molecule has 0 heterocycles. The number of benzene rings is 1. The second-order valence-corrected chi connectivity index (χ2v) is 3.72. The van der Waals surface area contributed by atoms with Crippen LogP contribution in [-0.2, 0) is 0 Å². The van der Waals surface area contributed by atoms with Crippen molar-refractivity contribution in [3.05, 3.63) is 34.3 Å². The van der Waals surface area contributed by atoms with E-state index < -0.39 is 6.17 Å². The summed E-state index contributed by atoms with van der Waals surface area (Å²) in [6, 6.07) is 4.64. The van der Waals surface area contributed by atoms with Gasteiger partial charge in [0.15, 0.2) is 5.78 Å². The first-order valence-electron chi connectivity index (χ1n) is 4.67. The molecule has 0 aliphatic heterocycles. The normalized spacial score (nSPS) is 12.5. The number of halogens is 2. The summed E-state index contributed by atoms with van der Waals surface area (Å²) in [5, 5.41) is 3.05. The monoisotopic (exact) mass is 229 g/mol. The molecule has 4 heteroatoms. The molecule has 15 heavy (non-hydrogen) atoms. The molecular formula is C11H13ClFNO. The van der Waals surface area contributed by atoms with Crippen molar-refractivity contribution in [3.63, 3.8) is 0 Å². The van der Waals surface area contributed by atoms with Crippen LogP contribution in [0.1, 0.15) is 29.0 Å². The summed E-state index contributed by atoms with van der Waals surface area (Å²) in [5.41, 5.74) is 0.913. The van der Waals surface area contributed by atoms with Gasteiger partial charge in [-0.2, -0.15) is 0 Å². The van der Waals surface area contributed by atoms with Crippen molar-refractivity contribution in [2.75, 3.05) is 13.6 Å². The Labute approximate surface area is 93.4 Å². The summed E-state index contributed by atoms with van der Waals surface area (Å²) in [5.74, 6) is -0.0967. The number of likely N-dealkylation sites (N-methyl/N-ethyl adjacent to an activating group) is 1. The van der Waals surface area contributed by atoms with E-state index in [2.05, 4.69) is 5.32 Å². The molecule has 1 rings (SSSR count). The Morgan fingerprint density at radius 2 is 2.27 bits per heavy atom. The molecule has 1 unspecified atom stereocenters. The molecule has 1 aromatic rings. The van der Waals surface area contributed by atoms with Gasteiger partial charge in [-0.05, 0) is 31.7 Å². The van der Waals surface area contributed by atoms with Crippen LogP contribution in [0, 0.1) is 0 Å². The molecule has 0 radical (unpaired) electrons. The fraction of sp³-hybridized carbons (Fsp3) is 0.364. The van der Waals surface area contributed by atoms with Gasteiger partial charge in [0.25, 0.3) is 0 Å². The highest BCUT2D eigenvalue weighted by Gasteiger charge is 2.11. The maximum absolute atomic E-state index is 12.9. The largest absolute Gasteiger partial charge is 0.313 e. The van der Waals surface area contributed by atoms with Crippen LogP contribution in [0.25, 0.3) is 0 Å². The van der Waals surface area contributed by atoms with E-state index in [4.69, 9.17) is 11.6 Å². The maximum Gasteiger partial charge on any atom is 0.178 e. The third-order valence-electron chi connectivity index (χ3n) is 2.09. The first-order valence-corrected chi connectivity index (χ1v) is 5.05. The summed E-state index contributed by atoms with van der Waals surface area (Å²) < 4.78 is 12.9. The summed E-state index contributed by atoms with van der Waals surface area (Å²) in [6.45, 7) is 1.66. The van der Waals surface area contributed by atoms with Crippen molar-refractivity contribution in [2.45, 2.75) is 13.1 Å². The Morgan fingerprint density at radius 1 is 1.60 bits per heavy atom. The zero-order valence-corrected chi connectivity index (χ0v) is 9.44. The van der Waals surface area contributed by atoms with Crippen LogP contribution in [0.4, 0.5) is 4.39 Å². The van der Waals surface area contributed by atoms with E-state index in [1.54, 1.807) is 19.2 Å².